The molecule has 0 bridgehead atoms. The number of furan rings is 1. The zero-order chi connectivity index (χ0) is 40.7. The van der Waals surface area contributed by atoms with Crippen LogP contribution in [0.1, 0.15) is 40.6 Å². The highest BCUT2D eigenvalue weighted by Crippen LogP contribution is 2.47. The molecule has 3 heterocycles. The molecule has 13 rings (SSSR count). The van der Waals surface area contributed by atoms with E-state index in [-0.39, 0.29) is 12.0 Å². The third kappa shape index (κ3) is 5.51. The number of fused-ring (bicyclic) bond motifs is 9. The molecule has 2 aromatic heterocycles. The monoisotopic (exact) mass is 795 g/mol. The van der Waals surface area contributed by atoms with E-state index >= 15 is 0 Å². The van der Waals surface area contributed by atoms with Gasteiger partial charge in [-0.2, -0.15) is 0 Å². The quantitative estimate of drug-likeness (QED) is 0.174. The van der Waals surface area contributed by atoms with E-state index in [1.165, 1.54) is 44.0 Å². The van der Waals surface area contributed by atoms with Gasteiger partial charge in [0.2, 0.25) is 0 Å². The first-order valence-corrected chi connectivity index (χ1v) is 21.4. The van der Waals surface area contributed by atoms with Gasteiger partial charge in [0.05, 0.1) is 0 Å². The molecule has 0 saturated carbocycles. The van der Waals surface area contributed by atoms with Crippen LogP contribution in [0.15, 0.2) is 193 Å². The number of hydrogen-bond donors (Lipinski definition) is 0. The number of aromatic nitrogens is 3. The predicted octanol–water partition coefficient (Wildman–Crippen LogP) is 14.0. The highest BCUT2D eigenvalue weighted by atomic mass is 16.5. The van der Waals surface area contributed by atoms with Crippen molar-refractivity contribution in [1.29, 1.82) is 0 Å². The normalized spacial score (nSPS) is 16.5. The van der Waals surface area contributed by atoms with Gasteiger partial charge in [0.25, 0.3) is 0 Å². The van der Waals surface area contributed by atoms with E-state index in [1.807, 2.05) is 12.1 Å². The van der Waals surface area contributed by atoms with Gasteiger partial charge in [-0.25, -0.2) is 15.0 Å². The summed E-state index contributed by atoms with van der Waals surface area (Å²) >= 11 is 0. The minimum Gasteiger partial charge on any atom is -0.484 e. The van der Waals surface area contributed by atoms with Crippen LogP contribution < -0.4 is 4.74 Å². The molecule has 0 N–H and O–H groups in total. The van der Waals surface area contributed by atoms with Gasteiger partial charge in [0, 0.05) is 45.6 Å². The van der Waals surface area contributed by atoms with Crippen molar-refractivity contribution >= 4 is 54.4 Å². The summed E-state index contributed by atoms with van der Waals surface area (Å²) < 4.78 is 13.3. The first-order chi connectivity index (χ1) is 30.7. The molecule has 0 amide bonds. The van der Waals surface area contributed by atoms with Crippen LogP contribution in [-0.4, -0.2) is 21.1 Å². The number of allylic oxidation sites excluding steroid dienone is 3. The van der Waals surface area contributed by atoms with Crippen LogP contribution in [0.4, 0.5) is 0 Å². The summed E-state index contributed by atoms with van der Waals surface area (Å²) in [6.45, 7) is 0. The van der Waals surface area contributed by atoms with E-state index in [4.69, 9.17) is 24.1 Å². The molecule has 3 aliphatic rings. The maximum Gasteiger partial charge on any atom is 0.164 e. The molecule has 2 unspecified atom stereocenters. The summed E-state index contributed by atoms with van der Waals surface area (Å²) in [5, 5.41) is 8.12. The molecular weight excluding hydrogens is 759 g/mol. The van der Waals surface area contributed by atoms with Crippen LogP contribution >= 0.6 is 0 Å². The van der Waals surface area contributed by atoms with E-state index < -0.39 is 0 Å². The van der Waals surface area contributed by atoms with Crippen LogP contribution in [0.25, 0.3) is 88.3 Å². The molecule has 10 aromatic rings. The summed E-state index contributed by atoms with van der Waals surface area (Å²) in [5.41, 5.74) is 10.8. The van der Waals surface area contributed by atoms with Gasteiger partial charge in [-0.1, -0.05) is 158 Å². The highest BCUT2D eigenvalue weighted by molar-refractivity contribution is 6.09. The molecule has 0 spiro atoms. The smallest absolute Gasteiger partial charge is 0.164 e. The molecule has 0 saturated heterocycles. The standard InChI is InChI=1S/C57H37N3O2/c1-2-14-36-32-38(27-26-34(36)12-1)55-58-56(60-57(59-55)48-23-10-22-46-44-19-7-8-24-50(44)62-54(46)48)47-30-29-43(41-17-5-6-18-42(41)47)45-21-11-25-52-53(45)49-33-37(28-31-51(49)61-52)40-20-9-15-35-13-3-4-16-39(35)40/h1-10,12-24,26-33,46,54H,11,25H2. The first kappa shape index (κ1) is 34.9. The van der Waals surface area contributed by atoms with E-state index in [2.05, 4.69) is 176 Å². The van der Waals surface area contributed by atoms with Crippen molar-refractivity contribution in [2.45, 2.75) is 24.9 Å². The van der Waals surface area contributed by atoms with Crippen molar-refractivity contribution in [2.24, 2.45) is 0 Å². The lowest BCUT2D eigenvalue weighted by molar-refractivity contribution is 0.277. The Morgan fingerprint density at radius 3 is 2.16 bits per heavy atom. The lowest BCUT2D eigenvalue weighted by atomic mass is 9.85. The lowest BCUT2D eigenvalue weighted by Crippen LogP contribution is -2.23. The zero-order valence-corrected chi connectivity index (χ0v) is 33.6. The van der Waals surface area contributed by atoms with Crippen LogP contribution in [-0.2, 0) is 6.42 Å². The minimum absolute atomic E-state index is 0.0754. The van der Waals surface area contributed by atoms with Crippen LogP contribution in [0.2, 0.25) is 0 Å². The van der Waals surface area contributed by atoms with Crippen molar-refractivity contribution in [3.05, 3.63) is 216 Å². The number of rotatable bonds is 5. The molecule has 8 aromatic carbocycles. The molecule has 1 aliphatic heterocycles. The maximum absolute atomic E-state index is 6.65. The Morgan fingerprint density at radius 2 is 1.24 bits per heavy atom. The first-order valence-electron chi connectivity index (χ1n) is 21.4. The Balaban J connectivity index is 0.965. The van der Waals surface area contributed by atoms with Crippen LogP contribution in [0.5, 0.6) is 5.75 Å². The minimum atomic E-state index is -0.241. The summed E-state index contributed by atoms with van der Waals surface area (Å²) in [7, 11) is 0. The Morgan fingerprint density at radius 1 is 0.516 bits per heavy atom. The van der Waals surface area contributed by atoms with Gasteiger partial charge in [-0.15, -0.1) is 0 Å². The molecular formula is C57H37N3O2. The Kier molecular flexibility index (Phi) is 7.79. The highest BCUT2D eigenvalue weighted by Gasteiger charge is 2.38. The zero-order valence-electron chi connectivity index (χ0n) is 33.6. The van der Waals surface area contributed by atoms with Gasteiger partial charge in [-0.3, -0.25) is 0 Å². The van der Waals surface area contributed by atoms with Crippen molar-refractivity contribution < 1.29 is 9.15 Å². The molecule has 5 heteroatoms. The second kappa shape index (κ2) is 13.8. The molecule has 0 fully saturated rings. The van der Waals surface area contributed by atoms with E-state index in [0.29, 0.717) is 17.5 Å². The van der Waals surface area contributed by atoms with Crippen molar-refractivity contribution in [3.8, 4) is 39.7 Å². The summed E-state index contributed by atoms with van der Waals surface area (Å²) in [6.07, 6.45) is 10.3. The lowest BCUT2D eigenvalue weighted by Gasteiger charge is -2.22. The Labute approximate surface area is 358 Å². The maximum atomic E-state index is 6.65. The van der Waals surface area contributed by atoms with Crippen molar-refractivity contribution in [2.75, 3.05) is 0 Å². The topological polar surface area (TPSA) is 61.0 Å². The Bertz CT molecular complexity index is 3590. The molecule has 2 atom stereocenters. The molecule has 62 heavy (non-hydrogen) atoms. The number of benzene rings is 8. The number of para-hydroxylation sites is 1. The fourth-order valence-electron chi connectivity index (χ4n) is 10.0. The average Bonchev–Trinajstić information content (AvgIpc) is 3.92. The summed E-state index contributed by atoms with van der Waals surface area (Å²) in [4.78, 5) is 15.8. The summed E-state index contributed by atoms with van der Waals surface area (Å²) in [5.74, 6) is 3.87. The van der Waals surface area contributed by atoms with E-state index in [9.17, 15) is 0 Å². The number of nitrogens with zero attached hydrogens (tertiary/aromatic N) is 3. The number of ether oxygens (including phenoxy) is 1. The number of aryl methyl sites for hydroxylation is 1. The van der Waals surface area contributed by atoms with Gasteiger partial charge in [-0.05, 0) is 91.3 Å². The second-order valence-corrected chi connectivity index (χ2v) is 16.5. The fraction of sp³-hybridized carbons (Fsp3) is 0.0702. The van der Waals surface area contributed by atoms with Crippen LogP contribution in [0.3, 0.4) is 0 Å². The molecule has 2 aliphatic carbocycles. The molecule has 292 valence electrons. The average molecular weight is 796 g/mol. The summed E-state index contributed by atoms with van der Waals surface area (Å²) in [6, 6.07) is 58.0. The third-order valence-electron chi connectivity index (χ3n) is 13.0. The Hall–Kier alpha value is -7.89. The largest absolute Gasteiger partial charge is 0.484 e. The SMILES string of the molecule is C1=CC2c3ccccc3OC2C(c2nc(-c3ccc4ccccc4c3)nc(-c3ccc(C4=CCCc5oc6ccc(-c7cccc8ccccc78)cc6c54)c4ccccc34)n2)=C1. The van der Waals surface area contributed by atoms with Crippen molar-refractivity contribution in [3.63, 3.8) is 0 Å². The van der Waals surface area contributed by atoms with Crippen molar-refractivity contribution in [1.82, 2.24) is 15.0 Å². The second-order valence-electron chi connectivity index (χ2n) is 16.5. The molecule has 5 nitrogen and oxygen atoms in total. The van der Waals surface area contributed by atoms with E-state index in [0.717, 1.165) is 73.7 Å². The van der Waals surface area contributed by atoms with Gasteiger partial charge in [0.1, 0.15) is 23.2 Å². The predicted molar refractivity (Wildman–Crippen MR) is 251 cm³/mol. The third-order valence-corrected chi connectivity index (χ3v) is 13.0. The number of hydrogen-bond acceptors (Lipinski definition) is 5. The van der Waals surface area contributed by atoms with E-state index in [1.54, 1.807) is 0 Å². The van der Waals surface area contributed by atoms with Gasteiger partial charge >= 0.3 is 0 Å². The fourth-order valence-corrected chi connectivity index (χ4v) is 10.0. The van der Waals surface area contributed by atoms with Crippen LogP contribution in [0, 0.1) is 0 Å². The molecule has 0 radical (unpaired) electrons. The van der Waals surface area contributed by atoms with Gasteiger partial charge < -0.3 is 9.15 Å². The van der Waals surface area contributed by atoms with Gasteiger partial charge in [0.15, 0.2) is 17.5 Å².